The molecule has 0 aromatic heterocycles. The maximum absolute atomic E-state index is 2.45. The molecule has 1 aliphatic carbocycles. The largest absolute Gasteiger partial charge is 0.0654 e. The summed E-state index contributed by atoms with van der Waals surface area (Å²) in [6, 6.07) is 0. The Labute approximate surface area is 77.7 Å². The van der Waals surface area contributed by atoms with Gasteiger partial charge in [-0.25, -0.2) is 0 Å². The summed E-state index contributed by atoms with van der Waals surface area (Å²) in [7, 11) is 0. The smallest absolute Gasteiger partial charge is 0.0311 e. The van der Waals surface area contributed by atoms with Crippen LogP contribution >= 0.6 is 0 Å². The lowest BCUT2D eigenvalue weighted by Gasteiger charge is -2.35. The van der Waals surface area contributed by atoms with Gasteiger partial charge in [0.25, 0.3) is 0 Å². The van der Waals surface area contributed by atoms with Crippen molar-refractivity contribution in [3.8, 4) is 0 Å². The summed E-state index contributed by atoms with van der Waals surface area (Å²) in [4.78, 5) is 0. The van der Waals surface area contributed by atoms with Crippen LogP contribution in [0.1, 0.15) is 60.3 Å². The molecule has 0 aromatic carbocycles. The van der Waals surface area contributed by atoms with Crippen LogP contribution in [0.2, 0.25) is 0 Å². The van der Waals surface area contributed by atoms with Crippen LogP contribution in [0.4, 0.5) is 0 Å². The topological polar surface area (TPSA) is 0 Å². The minimum absolute atomic E-state index is 0.597. The fourth-order valence-corrected chi connectivity index (χ4v) is 3.12. The van der Waals surface area contributed by atoms with Crippen LogP contribution in [0.25, 0.3) is 0 Å². The summed E-state index contributed by atoms with van der Waals surface area (Å²) < 4.78 is 0. The van der Waals surface area contributed by atoms with Gasteiger partial charge in [-0.1, -0.05) is 41.0 Å². The average Bonchev–Trinajstić information content (AvgIpc) is 2.13. The summed E-state index contributed by atoms with van der Waals surface area (Å²) in [6.07, 6.45) is 5.60. The van der Waals surface area contributed by atoms with E-state index in [4.69, 9.17) is 0 Å². The summed E-state index contributed by atoms with van der Waals surface area (Å²) >= 11 is 0. The van der Waals surface area contributed by atoms with Gasteiger partial charge in [0.2, 0.25) is 0 Å². The maximum atomic E-state index is 2.45. The predicted molar refractivity (Wildman–Crippen MR) is 55.2 cm³/mol. The molecule has 0 radical (unpaired) electrons. The molecule has 72 valence electrons. The Balaban J connectivity index is 2.74. The van der Waals surface area contributed by atoms with Crippen molar-refractivity contribution in [2.24, 2.45) is 16.7 Å². The number of hydrogen-bond donors (Lipinski definition) is 0. The van der Waals surface area contributed by atoms with Gasteiger partial charge in [-0.3, -0.25) is 0 Å². The van der Waals surface area contributed by atoms with E-state index >= 15 is 0 Å². The van der Waals surface area contributed by atoms with E-state index in [1.807, 2.05) is 0 Å². The minimum Gasteiger partial charge on any atom is -0.0654 e. The van der Waals surface area contributed by atoms with E-state index in [0.29, 0.717) is 10.8 Å². The van der Waals surface area contributed by atoms with E-state index in [2.05, 4.69) is 34.6 Å². The first-order valence-corrected chi connectivity index (χ1v) is 5.40. The molecule has 0 bridgehead atoms. The van der Waals surface area contributed by atoms with Gasteiger partial charge in [-0.05, 0) is 36.0 Å². The monoisotopic (exact) mass is 168 g/mol. The van der Waals surface area contributed by atoms with Gasteiger partial charge < -0.3 is 0 Å². The zero-order chi connectivity index (χ0) is 9.41. The van der Waals surface area contributed by atoms with Crippen molar-refractivity contribution in [2.45, 2.75) is 60.3 Å². The summed E-state index contributed by atoms with van der Waals surface area (Å²) in [6.45, 7) is 12.1. The van der Waals surface area contributed by atoms with Gasteiger partial charge in [-0.15, -0.1) is 0 Å². The van der Waals surface area contributed by atoms with Crippen molar-refractivity contribution in [2.75, 3.05) is 0 Å². The Morgan fingerprint density at radius 1 is 1.00 bits per heavy atom. The molecular formula is C12H24. The Morgan fingerprint density at radius 2 is 1.42 bits per heavy atom. The molecule has 0 spiro atoms. The molecule has 1 rings (SSSR count). The van der Waals surface area contributed by atoms with Gasteiger partial charge in [-0.2, -0.15) is 0 Å². The summed E-state index contributed by atoms with van der Waals surface area (Å²) in [5, 5.41) is 0. The Morgan fingerprint density at radius 3 is 1.75 bits per heavy atom. The zero-order valence-corrected chi connectivity index (χ0v) is 9.41. The van der Waals surface area contributed by atoms with Crippen molar-refractivity contribution in [1.29, 1.82) is 0 Å². The fraction of sp³-hybridized carbons (Fsp3) is 1.00. The van der Waals surface area contributed by atoms with E-state index in [-0.39, 0.29) is 0 Å². The van der Waals surface area contributed by atoms with Crippen LogP contribution in [-0.4, -0.2) is 0 Å². The highest BCUT2D eigenvalue weighted by Crippen LogP contribution is 2.55. The number of hydrogen-bond acceptors (Lipinski definition) is 0. The molecular weight excluding hydrogens is 144 g/mol. The third kappa shape index (κ3) is 1.67. The van der Waals surface area contributed by atoms with Crippen LogP contribution in [0, 0.1) is 16.7 Å². The van der Waals surface area contributed by atoms with E-state index in [0.717, 1.165) is 5.92 Å². The predicted octanol–water partition coefficient (Wildman–Crippen LogP) is 4.25. The summed E-state index contributed by atoms with van der Waals surface area (Å²) in [5.74, 6) is 0.940. The molecule has 1 aliphatic rings. The molecule has 0 unspecified atom stereocenters. The molecule has 0 heterocycles. The number of rotatable bonds is 2. The standard InChI is InChI=1S/C12H24/c1-6-7-10-11(2,3)8-9-12(10,4)5/h10H,6-9H2,1-5H3. The van der Waals surface area contributed by atoms with Gasteiger partial charge in [0.05, 0.1) is 0 Å². The van der Waals surface area contributed by atoms with Crippen molar-refractivity contribution in [3.05, 3.63) is 0 Å². The van der Waals surface area contributed by atoms with Crippen molar-refractivity contribution >= 4 is 0 Å². The van der Waals surface area contributed by atoms with E-state index < -0.39 is 0 Å². The second kappa shape index (κ2) is 3.05. The highest BCUT2D eigenvalue weighted by molar-refractivity contribution is 4.95. The van der Waals surface area contributed by atoms with E-state index in [1.165, 1.54) is 25.7 Å². The molecule has 0 N–H and O–H groups in total. The van der Waals surface area contributed by atoms with E-state index in [1.54, 1.807) is 0 Å². The second-order valence-corrected chi connectivity index (χ2v) is 5.82. The molecule has 1 saturated carbocycles. The first-order valence-electron chi connectivity index (χ1n) is 5.40. The highest BCUT2D eigenvalue weighted by Gasteiger charge is 2.45. The lowest BCUT2D eigenvalue weighted by atomic mass is 9.70. The molecule has 0 atom stereocenters. The SMILES string of the molecule is CCCC1C(C)(C)CCC1(C)C. The molecule has 1 fully saturated rings. The first kappa shape index (κ1) is 10.1. The molecule has 0 heteroatoms. The molecule has 0 saturated heterocycles. The molecule has 0 aromatic rings. The van der Waals surface area contributed by atoms with Crippen LogP contribution in [0.15, 0.2) is 0 Å². The summed E-state index contributed by atoms with van der Waals surface area (Å²) in [5.41, 5.74) is 1.19. The van der Waals surface area contributed by atoms with Crippen LogP contribution < -0.4 is 0 Å². The Bertz CT molecular complexity index is 137. The van der Waals surface area contributed by atoms with Gasteiger partial charge >= 0.3 is 0 Å². The van der Waals surface area contributed by atoms with Crippen LogP contribution in [0.5, 0.6) is 0 Å². The van der Waals surface area contributed by atoms with Crippen LogP contribution in [-0.2, 0) is 0 Å². The minimum atomic E-state index is 0.597. The maximum Gasteiger partial charge on any atom is -0.0311 e. The Kier molecular flexibility index (Phi) is 2.56. The first-order chi connectivity index (χ1) is 5.40. The van der Waals surface area contributed by atoms with Gasteiger partial charge in [0.15, 0.2) is 0 Å². The normalized spacial score (nSPS) is 27.8. The quantitative estimate of drug-likeness (QED) is 0.578. The second-order valence-electron chi connectivity index (χ2n) is 5.82. The lowest BCUT2D eigenvalue weighted by molar-refractivity contribution is 0.145. The molecule has 0 aliphatic heterocycles. The highest BCUT2D eigenvalue weighted by atomic mass is 14.5. The molecule has 0 amide bonds. The third-order valence-corrected chi connectivity index (χ3v) is 3.88. The fourth-order valence-electron chi connectivity index (χ4n) is 3.12. The van der Waals surface area contributed by atoms with Gasteiger partial charge in [0, 0.05) is 0 Å². The van der Waals surface area contributed by atoms with Crippen LogP contribution in [0.3, 0.4) is 0 Å². The van der Waals surface area contributed by atoms with Crippen molar-refractivity contribution in [3.63, 3.8) is 0 Å². The Hall–Kier alpha value is 0. The molecule has 12 heavy (non-hydrogen) atoms. The lowest BCUT2D eigenvalue weighted by Crippen LogP contribution is -2.27. The van der Waals surface area contributed by atoms with Gasteiger partial charge in [0.1, 0.15) is 0 Å². The zero-order valence-electron chi connectivity index (χ0n) is 9.41. The van der Waals surface area contributed by atoms with Crippen molar-refractivity contribution < 1.29 is 0 Å². The average molecular weight is 168 g/mol. The van der Waals surface area contributed by atoms with Crippen molar-refractivity contribution in [1.82, 2.24) is 0 Å². The molecule has 0 nitrogen and oxygen atoms in total. The van der Waals surface area contributed by atoms with E-state index in [9.17, 15) is 0 Å². The third-order valence-electron chi connectivity index (χ3n) is 3.88.